The lowest BCUT2D eigenvalue weighted by Crippen LogP contribution is -2.51. The van der Waals surface area contributed by atoms with Gasteiger partial charge in [-0.3, -0.25) is 4.79 Å². The average Bonchev–Trinajstić information content (AvgIpc) is 2.53. The first-order valence-electron chi connectivity index (χ1n) is 7.29. The zero-order valence-corrected chi connectivity index (χ0v) is 12.5. The molecule has 22 heavy (non-hydrogen) atoms. The van der Waals surface area contributed by atoms with E-state index in [1.807, 2.05) is 4.90 Å². The van der Waals surface area contributed by atoms with Gasteiger partial charge in [-0.1, -0.05) is 12.1 Å². The quantitative estimate of drug-likeness (QED) is 0.908. The number of piperazine rings is 1. The first-order chi connectivity index (χ1) is 10.6. The molecule has 120 valence electrons. The third-order valence-corrected chi connectivity index (χ3v) is 3.48. The van der Waals surface area contributed by atoms with E-state index in [1.54, 1.807) is 30.0 Å². The molecule has 0 spiro atoms. The molecule has 0 aliphatic carbocycles. The van der Waals surface area contributed by atoms with Crippen LogP contribution in [0.5, 0.6) is 0 Å². The molecule has 1 aliphatic rings. The summed E-state index contributed by atoms with van der Waals surface area (Å²) in [5, 5.41) is 2.41. The molecule has 7 heteroatoms. The predicted molar refractivity (Wildman–Crippen MR) is 80.2 cm³/mol. The van der Waals surface area contributed by atoms with Crippen LogP contribution < -0.4 is 10.2 Å². The van der Waals surface area contributed by atoms with Crippen LogP contribution in [-0.2, 0) is 9.53 Å². The maximum Gasteiger partial charge on any atom is 0.407 e. The lowest BCUT2D eigenvalue weighted by Gasteiger charge is -2.36. The largest absolute Gasteiger partial charge is 0.450 e. The van der Waals surface area contributed by atoms with Crippen molar-refractivity contribution in [2.75, 3.05) is 44.2 Å². The van der Waals surface area contributed by atoms with Crippen molar-refractivity contribution in [2.24, 2.45) is 0 Å². The summed E-state index contributed by atoms with van der Waals surface area (Å²) in [7, 11) is 0. The Morgan fingerprint density at radius 2 is 1.91 bits per heavy atom. The fourth-order valence-electron chi connectivity index (χ4n) is 2.35. The second-order valence-corrected chi connectivity index (χ2v) is 4.89. The first kappa shape index (κ1) is 16.1. The summed E-state index contributed by atoms with van der Waals surface area (Å²) in [6.07, 6.45) is -0.596. The molecule has 1 N–H and O–H groups in total. The van der Waals surface area contributed by atoms with Crippen molar-refractivity contribution in [3.63, 3.8) is 0 Å². The van der Waals surface area contributed by atoms with Gasteiger partial charge in [-0.05, 0) is 19.1 Å². The standard InChI is InChI=1S/C15H20FN3O3/c1-2-22-15(21)17-11-14(20)19-9-7-18(8-10-19)13-6-4-3-5-12(13)16/h3-6H,2,7-11H2,1H3,(H,17,21). The third-order valence-electron chi connectivity index (χ3n) is 3.48. The highest BCUT2D eigenvalue weighted by atomic mass is 19.1. The fourth-order valence-corrected chi connectivity index (χ4v) is 2.35. The first-order valence-corrected chi connectivity index (χ1v) is 7.29. The summed E-state index contributed by atoms with van der Waals surface area (Å²) in [5.74, 6) is -0.424. The number of para-hydroxylation sites is 1. The Hall–Kier alpha value is -2.31. The molecule has 1 aliphatic heterocycles. The highest BCUT2D eigenvalue weighted by Crippen LogP contribution is 2.20. The van der Waals surface area contributed by atoms with E-state index in [1.165, 1.54) is 6.07 Å². The minimum absolute atomic E-state index is 0.0848. The van der Waals surface area contributed by atoms with Crippen LogP contribution in [0.15, 0.2) is 24.3 Å². The van der Waals surface area contributed by atoms with Crippen LogP contribution in [0, 0.1) is 5.82 Å². The molecular weight excluding hydrogens is 289 g/mol. The molecule has 2 amide bonds. The molecule has 0 saturated carbocycles. The Kier molecular flexibility index (Phi) is 5.57. The highest BCUT2D eigenvalue weighted by molar-refractivity contribution is 5.82. The van der Waals surface area contributed by atoms with Gasteiger partial charge in [0.25, 0.3) is 0 Å². The second kappa shape index (κ2) is 7.63. The van der Waals surface area contributed by atoms with Gasteiger partial charge in [0.1, 0.15) is 12.4 Å². The third kappa shape index (κ3) is 4.09. The summed E-state index contributed by atoms with van der Waals surface area (Å²) < 4.78 is 18.4. The number of hydrogen-bond acceptors (Lipinski definition) is 4. The van der Waals surface area contributed by atoms with Crippen LogP contribution in [0.1, 0.15) is 6.92 Å². The van der Waals surface area contributed by atoms with Crippen LogP contribution in [0.2, 0.25) is 0 Å². The van der Waals surface area contributed by atoms with Gasteiger partial charge in [-0.2, -0.15) is 0 Å². The molecule has 0 atom stereocenters. The number of amides is 2. The maximum atomic E-state index is 13.7. The van der Waals surface area contributed by atoms with Crippen molar-refractivity contribution in [3.05, 3.63) is 30.1 Å². The van der Waals surface area contributed by atoms with E-state index in [-0.39, 0.29) is 24.9 Å². The molecule has 1 fully saturated rings. The number of halogens is 1. The topological polar surface area (TPSA) is 61.9 Å². The molecule has 1 aromatic carbocycles. The summed E-state index contributed by atoms with van der Waals surface area (Å²) in [5.41, 5.74) is 0.555. The number of carbonyl (C=O) groups is 2. The van der Waals surface area contributed by atoms with Crippen LogP contribution >= 0.6 is 0 Å². The van der Waals surface area contributed by atoms with Gasteiger partial charge in [0.05, 0.1) is 12.3 Å². The van der Waals surface area contributed by atoms with Gasteiger partial charge in [0.15, 0.2) is 0 Å². The van der Waals surface area contributed by atoms with E-state index in [0.717, 1.165) is 0 Å². The average molecular weight is 309 g/mol. The fraction of sp³-hybridized carbons (Fsp3) is 0.467. The van der Waals surface area contributed by atoms with Gasteiger partial charge in [0.2, 0.25) is 5.91 Å². The van der Waals surface area contributed by atoms with Crippen molar-refractivity contribution in [1.29, 1.82) is 0 Å². The molecule has 2 rings (SSSR count). The maximum absolute atomic E-state index is 13.7. The summed E-state index contributed by atoms with van der Waals surface area (Å²) >= 11 is 0. The SMILES string of the molecule is CCOC(=O)NCC(=O)N1CCN(c2ccccc2F)CC1. The molecule has 0 bridgehead atoms. The molecule has 0 unspecified atom stereocenters. The molecule has 1 heterocycles. The molecule has 0 radical (unpaired) electrons. The predicted octanol–water partition coefficient (Wildman–Crippen LogP) is 1.22. The lowest BCUT2D eigenvalue weighted by molar-refractivity contribution is -0.130. The number of anilines is 1. The zero-order chi connectivity index (χ0) is 15.9. The number of nitrogens with one attached hydrogen (secondary N) is 1. The van der Waals surface area contributed by atoms with Crippen molar-refractivity contribution in [3.8, 4) is 0 Å². The number of nitrogens with zero attached hydrogens (tertiary/aromatic N) is 2. The van der Waals surface area contributed by atoms with Crippen LogP contribution in [0.4, 0.5) is 14.9 Å². The molecular formula is C15H20FN3O3. The normalized spacial score (nSPS) is 14.6. The van der Waals surface area contributed by atoms with Crippen LogP contribution in [0.25, 0.3) is 0 Å². The monoisotopic (exact) mass is 309 g/mol. The number of alkyl carbamates (subject to hydrolysis) is 1. The molecule has 1 saturated heterocycles. The zero-order valence-electron chi connectivity index (χ0n) is 12.5. The Labute approximate surface area is 128 Å². The van der Waals surface area contributed by atoms with Gasteiger partial charge in [-0.25, -0.2) is 9.18 Å². The summed E-state index contributed by atoms with van der Waals surface area (Å²) in [6.45, 7) is 4.00. The molecule has 1 aromatic rings. The van der Waals surface area contributed by atoms with Crippen LogP contribution in [-0.4, -0.2) is 56.2 Å². The second-order valence-electron chi connectivity index (χ2n) is 4.89. The van der Waals surface area contributed by atoms with Gasteiger partial charge in [0, 0.05) is 26.2 Å². The van der Waals surface area contributed by atoms with Crippen molar-refractivity contribution >= 4 is 17.7 Å². The Morgan fingerprint density at radius 3 is 2.55 bits per heavy atom. The van der Waals surface area contributed by atoms with Gasteiger partial charge < -0.3 is 19.9 Å². The van der Waals surface area contributed by atoms with E-state index in [2.05, 4.69) is 5.32 Å². The minimum atomic E-state index is -0.596. The summed E-state index contributed by atoms with van der Waals surface area (Å²) in [6, 6.07) is 6.60. The van der Waals surface area contributed by atoms with Gasteiger partial charge >= 0.3 is 6.09 Å². The van der Waals surface area contributed by atoms with Crippen molar-refractivity contribution in [1.82, 2.24) is 10.2 Å². The number of hydrogen-bond donors (Lipinski definition) is 1. The smallest absolute Gasteiger partial charge is 0.407 e. The van der Waals surface area contributed by atoms with E-state index in [4.69, 9.17) is 4.74 Å². The van der Waals surface area contributed by atoms with Crippen LogP contribution in [0.3, 0.4) is 0 Å². The number of ether oxygens (including phenoxy) is 1. The lowest BCUT2D eigenvalue weighted by atomic mass is 10.2. The number of rotatable bonds is 4. The van der Waals surface area contributed by atoms with E-state index in [0.29, 0.717) is 31.9 Å². The number of benzene rings is 1. The van der Waals surface area contributed by atoms with Crippen molar-refractivity contribution < 1.29 is 18.7 Å². The Bertz CT molecular complexity index is 531. The van der Waals surface area contributed by atoms with E-state index in [9.17, 15) is 14.0 Å². The highest BCUT2D eigenvalue weighted by Gasteiger charge is 2.22. The van der Waals surface area contributed by atoms with Gasteiger partial charge in [-0.15, -0.1) is 0 Å². The molecule has 6 nitrogen and oxygen atoms in total. The van der Waals surface area contributed by atoms with E-state index >= 15 is 0 Å². The Balaban J connectivity index is 1.81. The minimum Gasteiger partial charge on any atom is -0.450 e. The Morgan fingerprint density at radius 1 is 1.23 bits per heavy atom. The van der Waals surface area contributed by atoms with Crippen molar-refractivity contribution in [2.45, 2.75) is 6.92 Å². The molecule has 0 aromatic heterocycles. The van der Waals surface area contributed by atoms with E-state index < -0.39 is 6.09 Å². The number of carbonyl (C=O) groups excluding carboxylic acids is 2. The summed E-state index contributed by atoms with van der Waals surface area (Å²) in [4.78, 5) is 26.7.